The van der Waals surface area contributed by atoms with Crippen molar-refractivity contribution >= 4 is 33.9 Å². The number of rotatable bonds is 8. The lowest BCUT2D eigenvalue weighted by Gasteiger charge is -2.52. The van der Waals surface area contributed by atoms with Crippen LogP contribution in [0.15, 0.2) is 48.7 Å². The van der Waals surface area contributed by atoms with Crippen LogP contribution in [-0.4, -0.2) is 41.2 Å². The number of nitrogens with one attached hydrogen (secondary N) is 2. The Kier molecular flexibility index (Phi) is 8.43. The molecule has 1 aromatic heterocycles. The van der Waals surface area contributed by atoms with Crippen molar-refractivity contribution in [3.63, 3.8) is 0 Å². The fourth-order valence-electron chi connectivity index (χ4n) is 6.90. The van der Waals surface area contributed by atoms with Crippen molar-refractivity contribution in [3.05, 3.63) is 65.4 Å². The maximum atomic E-state index is 6.10. The molecule has 3 saturated heterocycles. The molecule has 208 valence electrons. The molecule has 6 heteroatoms. The number of piperidine rings is 3. The van der Waals surface area contributed by atoms with Crippen molar-refractivity contribution in [1.82, 2.24) is 15.2 Å². The largest absolute Gasteiger partial charge is 0.497 e. The van der Waals surface area contributed by atoms with Gasteiger partial charge in [-0.1, -0.05) is 59.2 Å². The predicted octanol–water partition coefficient (Wildman–Crippen LogP) is 7.64. The Morgan fingerprint density at radius 3 is 2.44 bits per heavy atom. The number of hydrogen-bond acceptors (Lipinski definition) is 4. The molecule has 4 heterocycles. The van der Waals surface area contributed by atoms with Crippen LogP contribution < -0.4 is 15.4 Å². The number of hydrogen-bond donors (Lipinski definition) is 2. The van der Waals surface area contributed by atoms with Gasteiger partial charge in [0.15, 0.2) is 5.11 Å². The maximum Gasteiger partial charge on any atom is 0.171 e. The summed E-state index contributed by atoms with van der Waals surface area (Å²) in [6.45, 7) is 13.7. The topological polar surface area (TPSA) is 49.4 Å². The first-order valence-electron chi connectivity index (χ1n) is 14.7. The first-order chi connectivity index (χ1) is 18.8. The molecular weight excluding hydrogens is 500 g/mol. The average molecular weight is 545 g/mol. The summed E-state index contributed by atoms with van der Waals surface area (Å²) in [5.41, 5.74) is 5.96. The van der Waals surface area contributed by atoms with E-state index in [-0.39, 0.29) is 6.04 Å². The summed E-state index contributed by atoms with van der Waals surface area (Å²) in [5, 5.41) is 9.32. The monoisotopic (exact) mass is 544 g/mol. The first kappa shape index (κ1) is 27.9. The van der Waals surface area contributed by atoms with Crippen molar-refractivity contribution in [3.8, 4) is 5.75 Å². The van der Waals surface area contributed by atoms with Crippen LogP contribution in [0, 0.1) is 11.8 Å². The molecule has 2 aromatic carbocycles. The number of fused-ring (bicyclic) bond motifs is 4. The van der Waals surface area contributed by atoms with Crippen LogP contribution in [0.2, 0.25) is 0 Å². The third-order valence-corrected chi connectivity index (χ3v) is 9.28. The van der Waals surface area contributed by atoms with Crippen molar-refractivity contribution in [2.45, 2.75) is 77.8 Å². The van der Waals surface area contributed by atoms with Gasteiger partial charge in [0.2, 0.25) is 0 Å². The molecule has 0 amide bonds. The van der Waals surface area contributed by atoms with E-state index in [4.69, 9.17) is 17.0 Å². The van der Waals surface area contributed by atoms with E-state index in [0.717, 1.165) is 40.7 Å². The molecule has 0 radical (unpaired) electrons. The standard InChI is InChI=1S/C33H44N4OS/c1-7-22-19-37-16-14-23(22)17-30(37)32(27-13-15-34-29-12-11-24(38-6)18-28(27)29)36-33(39)35-31-25(20(2)3)9-8-10-26(31)21(4)5/h8-13,15,18,20-23,30,32H,7,14,16-17,19H2,1-6H3,(H2,35,36,39)/t22-,23-,30-,32-/m0/s1. The van der Waals surface area contributed by atoms with Gasteiger partial charge in [0.1, 0.15) is 5.75 Å². The summed E-state index contributed by atoms with van der Waals surface area (Å²) in [4.78, 5) is 7.39. The van der Waals surface area contributed by atoms with Gasteiger partial charge in [0.25, 0.3) is 0 Å². The van der Waals surface area contributed by atoms with Crippen molar-refractivity contribution in [2.75, 3.05) is 25.5 Å². The Morgan fingerprint density at radius 1 is 1.08 bits per heavy atom. The zero-order valence-corrected chi connectivity index (χ0v) is 25.1. The molecule has 2 N–H and O–H groups in total. The number of pyridine rings is 1. The highest BCUT2D eigenvalue weighted by Gasteiger charge is 2.43. The second kappa shape index (κ2) is 11.8. The molecular formula is C33H44N4OS. The van der Waals surface area contributed by atoms with E-state index in [0.29, 0.717) is 23.0 Å². The number of para-hydroxylation sites is 1. The number of anilines is 1. The van der Waals surface area contributed by atoms with E-state index < -0.39 is 0 Å². The van der Waals surface area contributed by atoms with E-state index in [1.165, 1.54) is 42.5 Å². The number of methoxy groups -OCH3 is 1. The van der Waals surface area contributed by atoms with Crippen LogP contribution in [-0.2, 0) is 0 Å². The van der Waals surface area contributed by atoms with Crippen LogP contribution in [0.1, 0.15) is 88.4 Å². The summed E-state index contributed by atoms with van der Waals surface area (Å²) in [7, 11) is 1.72. The Morgan fingerprint density at radius 2 is 1.82 bits per heavy atom. The van der Waals surface area contributed by atoms with E-state index >= 15 is 0 Å². The van der Waals surface area contributed by atoms with Gasteiger partial charge in [-0.15, -0.1) is 0 Å². The van der Waals surface area contributed by atoms with E-state index in [1.54, 1.807) is 7.11 Å². The molecule has 2 bridgehead atoms. The van der Waals surface area contributed by atoms with Crippen molar-refractivity contribution in [1.29, 1.82) is 0 Å². The summed E-state index contributed by atoms with van der Waals surface area (Å²) in [6, 6.07) is 15.4. The molecule has 0 saturated carbocycles. The fourth-order valence-corrected chi connectivity index (χ4v) is 7.13. The quantitative estimate of drug-likeness (QED) is 0.284. The van der Waals surface area contributed by atoms with Crippen molar-refractivity contribution < 1.29 is 4.74 Å². The lowest BCUT2D eigenvalue weighted by atomic mass is 9.72. The molecule has 3 aromatic rings. The van der Waals surface area contributed by atoms with E-state index in [9.17, 15) is 0 Å². The van der Waals surface area contributed by atoms with Gasteiger partial charge in [-0.05, 0) is 96.2 Å². The van der Waals surface area contributed by atoms with Gasteiger partial charge in [0.05, 0.1) is 18.7 Å². The lowest BCUT2D eigenvalue weighted by molar-refractivity contribution is -0.0132. The van der Waals surface area contributed by atoms with Crippen LogP contribution in [0.3, 0.4) is 0 Å². The minimum atomic E-state index is 0.0388. The predicted molar refractivity (Wildman–Crippen MR) is 167 cm³/mol. The third kappa shape index (κ3) is 5.64. The van der Waals surface area contributed by atoms with E-state index in [2.05, 4.69) is 91.5 Å². The summed E-state index contributed by atoms with van der Waals surface area (Å²) >= 11 is 6.10. The third-order valence-electron chi connectivity index (χ3n) is 9.06. The molecule has 3 aliphatic rings. The molecule has 5 nitrogen and oxygen atoms in total. The van der Waals surface area contributed by atoms with E-state index in [1.807, 2.05) is 12.3 Å². The molecule has 5 atom stereocenters. The van der Waals surface area contributed by atoms with Gasteiger partial charge in [0, 0.05) is 29.9 Å². The molecule has 0 spiro atoms. The average Bonchev–Trinajstić information content (AvgIpc) is 2.95. The smallest absolute Gasteiger partial charge is 0.171 e. The molecule has 6 rings (SSSR count). The normalized spacial score (nSPS) is 23.3. The van der Waals surface area contributed by atoms with Gasteiger partial charge >= 0.3 is 0 Å². The Bertz CT molecular complexity index is 1300. The zero-order valence-electron chi connectivity index (χ0n) is 24.3. The second-order valence-corrected chi connectivity index (χ2v) is 12.4. The molecule has 1 unspecified atom stereocenters. The molecule has 39 heavy (non-hydrogen) atoms. The Labute approximate surface area is 239 Å². The number of thiocarbonyl (C=S) groups is 1. The van der Waals surface area contributed by atoms with Gasteiger partial charge in [-0.25, -0.2) is 0 Å². The number of aromatic nitrogens is 1. The summed E-state index contributed by atoms with van der Waals surface area (Å²) in [5.74, 6) is 3.20. The van der Waals surface area contributed by atoms with Gasteiger partial charge in [-0.2, -0.15) is 0 Å². The fraction of sp³-hybridized carbons (Fsp3) is 0.515. The Hall–Kier alpha value is -2.70. The number of nitrogens with zero attached hydrogens (tertiary/aromatic N) is 2. The molecule has 3 aliphatic heterocycles. The minimum Gasteiger partial charge on any atom is -0.497 e. The lowest BCUT2D eigenvalue weighted by Crippen LogP contribution is -2.58. The highest BCUT2D eigenvalue weighted by Crippen LogP contribution is 2.43. The number of ether oxygens (including phenoxy) is 1. The highest BCUT2D eigenvalue weighted by molar-refractivity contribution is 7.80. The SMILES string of the molecule is CC[C@H]1CN2CC[C@H]1C[C@H]2[C@@H](NC(=S)Nc1c(C(C)C)cccc1C(C)C)c1ccnc2ccc(OC)cc12. The van der Waals surface area contributed by atoms with Crippen LogP contribution >= 0.6 is 12.2 Å². The second-order valence-electron chi connectivity index (χ2n) is 12.0. The molecule has 3 fully saturated rings. The van der Waals surface area contributed by atoms with Crippen LogP contribution in [0.25, 0.3) is 10.9 Å². The molecule has 0 aliphatic carbocycles. The van der Waals surface area contributed by atoms with Crippen LogP contribution in [0.4, 0.5) is 5.69 Å². The van der Waals surface area contributed by atoms with Gasteiger partial charge < -0.3 is 15.4 Å². The van der Waals surface area contributed by atoms with Gasteiger partial charge in [-0.3, -0.25) is 9.88 Å². The number of benzene rings is 2. The first-order valence-corrected chi connectivity index (χ1v) is 15.1. The van der Waals surface area contributed by atoms with Crippen LogP contribution in [0.5, 0.6) is 5.75 Å². The maximum absolute atomic E-state index is 6.10. The summed E-state index contributed by atoms with van der Waals surface area (Å²) < 4.78 is 5.61. The Balaban J connectivity index is 1.53. The highest BCUT2D eigenvalue weighted by atomic mass is 32.1. The van der Waals surface area contributed by atoms with Crippen molar-refractivity contribution in [2.24, 2.45) is 11.8 Å². The minimum absolute atomic E-state index is 0.0388. The summed E-state index contributed by atoms with van der Waals surface area (Å²) in [6.07, 6.45) is 5.68. The zero-order chi connectivity index (χ0) is 27.7.